The van der Waals surface area contributed by atoms with Crippen molar-refractivity contribution in [2.24, 2.45) is 0 Å². The highest BCUT2D eigenvalue weighted by Crippen LogP contribution is 2.17. The van der Waals surface area contributed by atoms with Crippen LogP contribution >= 0.6 is 15.9 Å². The Bertz CT molecular complexity index is 599. The normalized spacial score (nSPS) is 10.2. The number of anilines is 1. The highest BCUT2D eigenvalue weighted by atomic mass is 79.9. The lowest BCUT2D eigenvalue weighted by Gasteiger charge is -2.07. The fourth-order valence-electron chi connectivity index (χ4n) is 1.54. The molecule has 1 amide bonds. The third kappa shape index (κ3) is 2.92. The van der Waals surface area contributed by atoms with Crippen LogP contribution < -0.4 is 5.32 Å². The number of aromatic nitrogens is 2. The van der Waals surface area contributed by atoms with Gasteiger partial charge in [0.15, 0.2) is 0 Å². The first-order chi connectivity index (χ1) is 8.56. The van der Waals surface area contributed by atoms with E-state index in [9.17, 15) is 4.79 Å². The van der Waals surface area contributed by atoms with E-state index >= 15 is 0 Å². The van der Waals surface area contributed by atoms with Crippen molar-refractivity contribution in [3.05, 3.63) is 51.8 Å². The van der Waals surface area contributed by atoms with Crippen LogP contribution in [-0.2, 0) is 0 Å². The molecule has 2 rings (SSSR count). The lowest BCUT2D eigenvalue weighted by atomic mass is 10.2. The molecule has 1 aromatic carbocycles. The van der Waals surface area contributed by atoms with Crippen molar-refractivity contribution in [1.29, 1.82) is 0 Å². The van der Waals surface area contributed by atoms with Crippen molar-refractivity contribution in [2.45, 2.75) is 13.8 Å². The second kappa shape index (κ2) is 5.27. The van der Waals surface area contributed by atoms with Crippen LogP contribution in [0.25, 0.3) is 0 Å². The lowest BCUT2D eigenvalue weighted by Crippen LogP contribution is -2.15. The zero-order chi connectivity index (χ0) is 13.1. The molecule has 0 radical (unpaired) electrons. The second-order valence-corrected chi connectivity index (χ2v) is 4.86. The monoisotopic (exact) mass is 305 g/mol. The molecule has 92 valence electrons. The molecule has 0 bridgehead atoms. The molecule has 1 heterocycles. The Morgan fingerprint density at radius 2 is 2.00 bits per heavy atom. The van der Waals surface area contributed by atoms with Gasteiger partial charge in [0.2, 0.25) is 0 Å². The van der Waals surface area contributed by atoms with Crippen molar-refractivity contribution < 1.29 is 4.79 Å². The maximum atomic E-state index is 12.1. The van der Waals surface area contributed by atoms with Gasteiger partial charge >= 0.3 is 0 Å². The Balaban J connectivity index is 2.24. The van der Waals surface area contributed by atoms with Crippen LogP contribution in [-0.4, -0.2) is 16.1 Å². The minimum absolute atomic E-state index is 0.177. The van der Waals surface area contributed by atoms with Crippen molar-refractivity contribution in [2.75, 3.05) is 5.32 Å². The summed E-state index contributed by atoms with van der Waals surface area (Å²) in [6, 6.07) is 9.17. The summed E-state index contributed by atoms with van der Waals surface area (Å²) < 4.78 is 0.918. The van der Waals surface area contributed by atoms with E-state index in [1.54, 1.807) is 13.0 Å². The van der Waals surface area contributed by atoms with Gasteiger partial charge in [0.05, 0.1) is 17.0 Å². The van der Waals surface area contributed by atoms with Crippen LogP contribution in [0.1, 0.15) is 21.7 Å². The lowest BCUT2D eigenvalue weighted by molar-refractivity contribution is 0.102. The van der Waals surface area contributed by atoms with Crippen LogP contribution in [0.2, 0.25) is 0 Å². The van der Waals surface area contributed by atoms with E-state index in [2.05, 4.69) is 31.4 Å². The molecule has 0 saturated heterocycles. The number of carbonyl (C=O) groups excluding carboxylic acids is 1. The molecule has 0 spiro atoms. The van der Waals surface area contributed by atoms with Gasteiger partial charge in [0, 0.05) is 10.2 Å². The van der Waals surface area contributed by atoms with Crippen LogP contribution in [0.4, 0.5) is 5.69 Å². The molecular weight excluding hydrogens is 294 g/mol. The summed E-state index contributed by atoms with van der Waals surface area (Å²) >= 11 is 3.36. The number of hydrogen-bond acceptors (Lipinski definition) is 3. The first-order valence-electron chi connectivity index (χ1n) is 5.44. The average Bonchev–Trinajstić information content (AvgIpc) is 2.32. The molecule has 1 aromatic heterocycles. The molecule has 0 aliphatic heterocycles. The molecule has 0 fully saturated rings. The largest absolute Gasteiger partial charge is 0.322 e. The summed E-state index contributed by atoms with van der Waals surface area (Å²) in [7, 11) is 0. The Morgan fingerprint density at radius 3 is 2.72 bits per heavy atom. The van der Waals surface area contributed by atoms with Gasteiger partial charge in [-0.15, -0.1) is 0 Å². The molecule has 0 aliphatic carbocycles. The number of carbonyl (C=O) groups is 1. The predicted molar refractivity (Wildman–Crippen MR) is 73.6 cm³/mol. The number of hydrogen-bond donors (Lipinski definition) is 1. The number of nitrogens with one attached hydrogen (secondary N) is 1. The predicted octanol–water partition coefficient (Wildman–Crippen LogP) is 3.11. The Kier molecular flexibility index (Phi) is 3.72. The molecule has 0 saturated carbocycles. The highest BCUT2D eigenvalue weighted by Gasteiger charge is 2.11. The second-order valence-electron chi connectivity index (χ2n) is 3.95. The SMILES string of the molecule is Cc1cc(C(=O)Nc2cccc(Br)c2)c(C)nn1. The summed E-state index contributed by atoms with van der Waals surface area (Å²) in [6.07, 6.45) is 0. The molecular formula is C13H12BrN3O. The summed E-state index contributed by atoms with van der Waals surface area (Å²) in [4.78, 5) is 12.1. The quantitative estimate of drug-likeness (QED) is 0.927. The van der Waals surface area contributed by atoms with Gasteiger partial charge in [-0.1, -0.05) is 22.0 Å². The summed E-state index contributed by atoms with van der Waals surface area (Å²) in [5.74, 6) is -0.177. The van der Waals surface area contributed by atoms with Crippen LogP contribution in [0, 0.1) is 13.8 Å². The van der Waals surface area contributed by atoms with E-state index in [0.717, 1.165) is 15.9 Å². The van der Waals surface area contributed by atoms with Crippen molar-refractivity contribution in [1.82, 2.24) is 10.2 Å². The highest BCUT2D eigenvalue weighted by molar-refractivity contribution is 9.10. The molecule has 0 atom stereocenters. The van der Waals surface area contributed by atoms with Crippen LogP contribution in [0.3, 0.4) is 0 Å². The first-order valence-corrected chi connectivity index (χ1v) is 6.23. The molecule has 2 aromatic rings. The van der Waals surface area contributed by atoms with Crippen molar-refractivity contribution in [3.63, 3.8) is 0 Å². The third-order valence-electron chi connectivity index (χ3n) is 2.43. The molecule has 0 unspecified atom stereocenters. The Morgan fingerprint density at radius 1 is 1.22 bits per heavy atom. The molecule has 0 aliphatic rings. The number of amides is 1. The van der Waals surface area contributed by atoms with Gasteiger partial charge in [0.1, 0.15) is 0 Å². The van der Waals surface area contributed by atoms with Gasteiger partial charge in [-0.05, 0) is 38.1 Å². The van der Waals surface area contributed by atoms with E-state index < -0.39 is 0 Å². The van der Waals surface area contributed by atoms with E-state index in [1.165, 1.54) is 0 Å². The number of nitrogens with zero attached hydrogens (tertiary/aromatic N) is 2. The average molecular weight is 306 g/mol. The van der Waals surface area contributed by atoms with E-state index in [0.29, 0.717) is 11.3 Å². The van der Waals surface area contributed by atoms with Gasteiger partial charge < -0.3 is 5.32 Å². The molecule has 18 heavy (non-hydrogen) atoms. The number of rotatable bonds is 2. The van der Waals surface area contributed by atoms with Gasteiger partial charge in [-0.3, -0.25) is 4.79 Å². The standard InChI is InChI=1S/C13H12BrN3O/c1-8-6-12(9(2)17-16-8)13(18)15-11-5-3-4-10(14)7-11/h3-7H,1-2H3,(H,15,18). The minimum Gasteiger partial charge on any atom is -0.322 e. The number of halogens is 1. The third-order valence-corrected chi connectivity index (χ3v) is 2.92. The fraction of sp³-hybridized carbons (Fsp3) is 0.154. The van der Waals surface area contributed by atoms with Crippen LogP contribution in [0.15, 0.2) is 34.8 Å². The number of aryl methyl sites for hydroxylation is 2. The Labute approximate surface area is 114 Å². The smallest absolute Gasteiger partial charge is 0.257 e. The maximum absolute atomic E-state index is 12.1. The van der Waals surface area contributed by atoms with Gasteiger partial charge in [0.25, 0.3) is 5.91 Å². The molecule has 4 nitrogen and oxygen atoms in total. The minimum atomic E-state index is -0.177. The summed E-state index contributed by atoms with van der Waals surface area (Å²) in [5, 5.41) is 10.7. The zero-order valence-electron chi connectivity index (χ0n) is 10.1. The van der Waals surface area contributed by atoms with Crippen molar-refractivity contribution >= 4 is 27.5 Å². The van der Waals surface area contributed by atoms with Crippen molar-refractivity contribution in [3.8, 4) is 0 Å². The van der Waals surface area contributed by atoms with E-state index in [4.69, 9.17) is 0 Å². The maximum Gasteiger partial charge on any atom is 0.257 e. The first kappa shape index (κ1) is 12.7. The number of benzene rings is 1. The Hall–Kier alpha value is -1.75. The summed E-state index contributed by atoms with van der Waals surface area (Å²) in [5.41, 5.74) is 2.62. The van der Waals surface area contributed by atoms with Gasteiger partial charge in [-0.2, -0.15) is 10.2 Å². The topological polar surface area (TPSA) is 54.9 Å². The van der Waals surface area contributed by atoms with Gasteiger partial charge in [-0.25, -0.2) is 0 Å². The zero-order valence-corrected chi connectivity index (χ0v) is 11.7. The van der Waals surface area contributed by atoms with E-state index in [1.807, 2.05) is 31.2 Å². The molecule has 1 N–H and O–H groups in total. The van der Waals surface area contributed by atoms with Crippen LogP contribution in [0.5, 0.6) is 0 Å². The summed E-state index contributed by atoms with van der Waals surface area (Å²) in [6.45, 7) is 3.57. The fourth-order valence-corrected chi connectivity index (χ4v) is 1.94. The van der Waals surface area contributed by atoms with E-state index in [-0.39, 0.29) is 5.91 Å². The molecule has 5 heteroatoms.